The van der Waals surface area contributed by atoms with Crippen LogP contribution < -0.4 is 5.32 Å². The van der Waals surface area contributed by atoms with E-state index in [0.29, 0.717) is 5.15 Å². The van der Waals surface area contributed by atoms with Gasteiger partial charge in [0.25, 0.3) is 5.91 Å². The summed E-state index contributed by atoms with van der Waals surface area (Å²) < 4.78 is 4.84. The first-order valence-electron chi connectivity index (χ1n) is 5.61. The molecule has 5 nitrogen and oxygen atoms in total. The van der Waals surface area contributed by atoms with Crippen LogP contribution in [0.25, 0.3) is 0 Å². The molecule has 1 aromatic heterocycles. The van der Waals surface area contributed by atoms with Crippen LogP contribution in [-0.4, -0.2) is 29.5 Å². The first kappa shape index (κ1) is 14.4. The molecule has 1 N–H and O–H groups in total. The first-order chi connectivity index (χ1) is 8.52. The van der Waals surface area contributed by atoms with Gasteiger partial charge in [-0.3, -0.25) is 4.79 Å². The van der Waals surface area contributed by atoms with Crippen molar-refractivity contribution in [1.29, 1.82) is 0 Å². The minimum absolute atomic E-state index is 0.0633. The number of esters is 1. The van der Waals surface area contributed by atoms with Crippen molar-refractivity contribution in [3.8, 4) is 0 Å². The van der Waals surface area contributed by atoms with Gasteiger partial charge in [-0.15, -0.1) is 0 Å². The van der Waals surface area contributed by atoms with Gasteiger partial charge in [0.15, 0.2) is 6.61 Å². The zero-order chi connectivity index (χ0) is 13.5. The topological polar surface area (TPSA) is 68.3 Å². The lowest BCUT2D eigenvalue weighted by molar-refractivity contribution is -0.124. The number of pyridine rings is 1. The van der Waals surface area contributed by atoms with Gasteiger partial charge in [0.2, 0.25) is 0 Å². The number of aromatic nitrogens is 1. The number of hydrogen-bond acceptors (Lipinski definition) is 4. The molecule has 1 atom stereocenters. The van der Waals surface area contributed by atoms with Gasteiger partial charge >= 0.3 is 5.97 Å². The van der Waals surface area contributed by atoms with Crippen molar-refractivity contribution in [3.05, 3.63) is 29.0 Å². The standard InChI is InChI=1S/C12H15ClN2O3/c1-3-8(2)15-11(16)7-18-12(17)9-4-5-10(13)14-6-9/h4-6,8H,3,7H2,1-2H3,(H,15,16)/t8-/m0/s1. The lowest BCUT2D eigenvalue weighted by Gasteiger charge is -2.11. The van der Waals surface area contributed by atoms with E-state index in [-0.39, 0.29) is 24.1 Å². The molecule has 0 saturated carbocycles. The molecule has 1 rings (SSSR count). The van der Waals surface area contributed by atoms with Crippen LogP contribution in [0.5, 0.6) is 0 Å². The molecule has 0 spiro atoms. The number of nitrogens with one attached hydrogen (secondary N) is 1. The highest BCUT2D eigenvalue weighted by Gasteiger charge is 2.11. The number of carbonyl (C=O) groups excluding carboxylic acids is 2. The summed E-state index contributed by atoms with van der Waals surface area (Å²) in [5.41, 5.74) is 0.260. The lowest BCUT2D eigenvalue weighted by atomic mass is 10.2. The maximum Gasteiger partial charge on any atom is 0.340 e. The van der Waals surface area contributed by atoms with E-state index in [2.05, 4.69) is 10.3 Å². The molecule has 0 radical (unpaired) electrons. The van der Waals surface area contributed by atoms with Gasteiger partial charge in [-0.25, -0.2) is 9.78 Å². The number of nitrogens with zero attached hydrogens (tertiary/aromatic N) is 1. The van der Waals surface area contributed by atoms with E-state index in [4.69, 9.17) is 16.3 Å². The van der Waals surface area contributed by atoms with E-state index in [0.717, 1.165) is 6.42 Å². The van der Waals surface area contributed by atoms with E-state index < -0.39 is 5.97 Å². The molecule has 18 heavy (non-hydrogen) atoms. The third kappa shape index (κ3) is 4.71. The molecule has 1 amide bonds. The van der Waals surface area contributed by atoms with Crippen LogP contribution in [0.4, 0.5) is 0 Å². The quantitative estimate of drug-likeness (QED) is 0.654. The third-order valence-electron chi connectivity index (χ3n) is 2.32. The second-order valence-electron chi connectivity index (χ2n) is 3.82. The van der Waals surface area contributed by atoms with Crippen LogP contribution >= 0.6 is 11.6 Å². The van der Waals surface area contributed by atoms with Gasteiger partial charge in [0.1, 0.15) is 5.15 Å². The summed E-state index contributed by atoms with van der Waals surface area (Å²) in [7, 11) is 0. The fourth-order valence-corrected chi connectivity index (χ4v) is 1.24. The summed E-state index contributed by atoms with van der Waals surface area (Å²) in [4.78, 5) is 26.7. The van der Waals surface area contributed by atoms with Crippen molar-refractivity contribution >= 4 is 23.5 Å². The Bertz CT molecular complexity index is 420. The minimum Gasteiger partial charge on any atom is -0.452 e. The summed E-state index contributed by atoms with van der Waals surface area (Å²) in [6.45, 7) is 3.53. The Balaban J connectivity index is 2.41. The summed E-state index contributed by atoms with van der Waals surface area (Å²) in [5.74, 6) is -0.918. The minimum atomic E-state index is -0.599. The predicted octanol–water partition coefficient (Wildman–Crippen LogP) is 1.81. The third-order valence-corrected chi connectivity index (χ3v) is 2.54. The predicted molar refractivity (Wildman–Crippen MR) is 67.4 cm³/mol. The van der Waals surface area contributed by atoms with Crippen molar-refractivity contribution in [2.45, 2.75) is 26.3 Å². The largest absolute Gasteiger partial charge is 0.452 e. The average molecular weight is 271 g/mol. The van der Waals surface area contributed by atoms with Gasteiger partial charge in [-0.05, 0) is 25.5 Å². The van der Waals surface area contributed by atoms with Crippen molar-refractivity contribution < 1.29 is 14.3 Å². The molecule has 0 aromatic carbocycles. The molecule has 98 valence electrons. The second-order valence-corrected chi connectivity index (χ2v) is 4.21. The van der Waals surface area contributed by atoms with Gasteiger partial charge < -0.3 is 10.1 Å². The van der Waals surface area contributed by atoms with Crippen LogP contribution in [-0.2, 0) is 9.53 Å². The molecule has 1 heterocycles. The van der Waals surface area contributed by atoms with Crippen LogP contribution in [0.2, 0.25) is 5.15 Å². The van der Waals surface area contributed by atoms with Gasteiger partial charge in [0.05, 0.1) is 5.56 Å². The Morgan fingerprint density at radius 3 is 2.78 bits per heavy atom. The fourth-order valence-electron chi connectivity index (χ4n) is 1.13. The monoisotopic (exact) mass is 270 g/mol. The van der Waals surface area contributed by atoms with E-state index in [9.17, 15) is 9.59 Å². The van der Waals surface area contributed by atoms with E-state index in [1.165, 1.54) is 18.3 Å². The molecule has 0 fully saturated rings. The van der Waals surface area contributed by atoms with E-state index >= 15 is 0 Å². The number of hydrogen-bond donors (Lipinski definition) is 1. The van der Waals surface area contributed by atoms with Crippen LogP contribution in [0.3, 0.4) is 0 Å². The van der Waals surface area contributed by atoms with E-state index in [1.54, 1.807) is 0 Å². The maximum atomic E-state index is 11.5. The molecule has 0 aliphatic rings. The smallest absolute Gasteiger partial charge is 0.340 e. The lowest BCUT2D eigenvalue weighted by Crippen LogP contribution is -2.35. The Kier molecular flexibility index (Phi) is 5.58. The summed E-state index contributed by atoms with van der Waals surface area (Å²) in [5, 5.41) is 2.99. The highest BCUT2D eigenvalue weighted by molar-refractivity contribution is 6.29. The fraction of sp³-hybridized carbons (Fsp3) is 0.417. The number of halogens is 1. The normalized spacial score (nSPS) is 11.7. The maximum absolute atomic E-state index is 11.5. The van der Waals surface area contributed by atoms with Crippen molar-refractivity contribution in [2.75, 3.05) is 6.61 Å². The zero-order valence-electron chi connectivity index (χ0n) is 10.3. The zero-order valence-corrected chi connectivity index (χ0v) is 11.0. The number of ether oxygens (including phenoxy) is 1. The molecule has 6 heteroatoms. The van der Waals surface area contributed by atoms with Crippen molar-refractivity contribution in [3.63, 3.8) is 0 Å². The number of carbonyl (C=O) groups is 2. The number of amides is 1. The molecule has 0 unspecified atom stereocenters. The summed E-state index contributed by atoms with van der Waals surface area (Å²) in [6, 6.07) is 3.04. The molecule has 0 saturated heterocycles. The van der Waals surface area contributed by atoms with Crippen LogP contribution in [0.1, 0.15) is 30.6 Å². The Morgan fingerprint density at radius 2 is 2.22 bits per heavy atom. The highest BCUT2D eigenvalue weighted by Crippen LogP contribution is 2.06. The number of rotatable bonds is 5. The first-order valence-corrected chi connectivity index (χ1v) is 5.98. The SMILES string of the molecule is CC[C@H](C)NC(=O)COC(=O)c1ccc(Cl)nc1. The Labute approximate surface area is 110 Å². The Hall–Kier alpha value is -1.62. The molecule has 0 bridgehead atoms. The van der Waals surface area contributed by atoms with Gasteiger partial charge in [0, 0.05) is 12.2 Å². The molecular weight excluding hydrogens is 256 g/mol. The summed E-state index contributed by atoms with van der Waals surface area (Å²) >= 11 is 5.59. The van der Waals surface area contributed by atoms with Crippen molar-refractivity contribution in [2.24, 2.45) is 0 Å². The van der Waals surface area contributed by atoms with Crippen LogP contribution in [0.15, 0.2) is 18.3 Å². The van der Waals surface area contributed by atoms with Gasteiger partial charge in [-0.1, -0.05) is 18.5 Å². The van der Waals surface area contributed by atoms with Gasteiger partial charge in [-0.2, -0.15) is 0 Å². The van der Waals surface area contributed by atoms with E-state index in [1.807, 2.05) is 13.8 Å². The van der Waals surface area contributed by atoms with Crippen molar-refractivity contribution in [1.82, 2.24) is 10.3 Å². The Morgan fingerprint density at radius 1 is 1.50 bits per heavy atom. The molecular formula is C12H15ClN2O3. The molecule has 0 aliphatic heterocycles. The molecule has 0 aliphatic carbocycles. The van der Waals surface area contributed by atoms with Crippen LogP contribution in [0, 0.1) is 0 Å². The average Bonchev–Trinajstić information content (AvgIpc) is 2.36. The highest BCUT2D eigenvalue weighted by atomic mass is 35.5. The summed E-state index contributed by atoms with van der Waals surface area (Å²) in [6.07, 6.45) is 2.12. The molecule has 1 aromatic rings. The second kappa shape index (κ2) is 6.96.